The van der Waals surface area contributed by atoms with Gasteiger partial charge in [0.15, 0.2) is 0 Å². The van der Waals surface area contributed by atoms with Crippen molar-refractivity contribution in [3.05, 3.63) is 59.0 Å². The fourth-order valence-corrected chi connectivity index (χ4v) is 3.84. The molecule has 1 saturated carbocycles. The van der Waals surface area contributed by atoms with Crippen LogP contribution < -0.4 is 10.1 Å². The van der Waals surface area contributed by atoms with Gasteiger partial charge in [-0.25, -0.2) is 0 Å². The van der Waals surface area contributed by atoms with Crippen molar-refractivity contribution in [1.82, 2.24) is 4.90 Å². The third-order valence-corrected chi connectivity index (χ3v) is 5.62. The summed E-state index contributed by atoms with van der Waals surface area (Å²) in [7, 11) is 1.63. The number of carbonyl (C=O) groups is 2. The van der Waals surface area contributed by atoms with Crippen LogP contribution in [0.2, 0.25) is 0 Å². The van der Waals surface area contributed by atoms with Crippen LogP contribution in [-0.2, 0) is 11.3 Å². The Morgan fingerprint density at radius 2 is 2.04 bits per heavy atom. The van der Waals surface area contributed by atoms with Crippen LogP contribution in [0.1, 0.15) is 33.6 Å². The number of thiophene rings is 1. The molecule has 0 aliphatic heterocycles. The highest BCUT2D eigenvalue weighted by Crippen LogP contribution is 2.33. The van der Waals surface area contributed by atoms with E-state index in [1.807, 2.05) is 37.3 Å². The van der Waals surface area contributed by atoms with E-state index in [2.05, 4.69) is 11.9 Å². The summed E-state index contributed by atoms with van der Waals surface area (Å²) in [6.45, 7) is 6.60. The van der Waals surface area contributed by atoms with Crippen LogP contribution in [-0.4, -0.2) is 30.4 Å². The minimum absolute atomic E-state index is 0.0522. The predicted molar refractivity (Wildman–Crippen MR) is 108 cm³/mol. The molecule has 2 amide bonds. The largest absolute Gasteiger partial charge is 0.497 e. The number of rotatable bonds is 8. The van der Waals surface area contributed by atoms with Gasteiger partial charge in [-0.15, -0.1) is 17.9 Å². The van der Waals surface area contributed by atoms with Gasteiger partial charge in [0, 0.05) is 19.0 Å². The van der Waals surface area contributed by atoms with E-state index in [4.69, 9.17) is 4.74 Å². The van der Waals surface area contributed by atoms with Gasteiger partial charge < -0.3 is 15.0 Å². The van der Waals surface area contributed by atoms with Crippen molar-refractivity contribution in [3.8, 4) is 5.75 Å². The second-order valence-corrected chi connectivity index (χ2v) is 7.76. The molecule has 1 heterocycles. The highest BCUT2D eigenvalue weighted by Gasteiger charge is 2.30. The molecular formula is C21H24N2O3S. The summed E-state index contributed by atoms with van der Waals surface area (Å²) in [5, 5.41) is 3.66. The molecule has 1 fully saturated rings. The molecule has 142 valence electrons. The van der Waals surface area contributed by atoms with Gasteiger partial charge in [0.1, 0.15) is 5.75 Å². The lowest BCUT2D eigenvalue weighted by Crippen LogP contribution is -2.30. The van der Waals surface area contributed by atoms with Gasteiger partial charge >= 0.3 is 0 Å². The van der Waals surface area contributed by atoms with E-state index in [1.165, 1.54) is 11.3 Å². The standard InChI is InChI=1S/C21H24N2O3S/c1-4-11-23(13-15-5-9-17(26-3)10-6-15)21(25)19-14(2)12-18(27-19)22-20(24)16-7-8-16/h4-6,9-10,12,16H,1,7-8,11,13H2,2-3H3,(H,22,24). The number of hydrogen-bond donors (Lipinski definition) is 1. The maximum Gasteiger partial charge on any atom is 0.264 e. The number of methoxy groups -OCH3 is 1. The van der Waals surface area contributed by atoms with Crippen molar-refractivity contribution < 1.29 is 14.3 Å². The first-order valence-electron chi connectivity index (χ1n) is 8.96. The van der Waals surface area contributed by atoms with E-state index in [0.717, 1.165) is 34.7 Å². The zero-order chi connectivity index (χ0) is 19.4. The summed E-state index contributed by atoms with van der Waals surface area (Å²) < 4.78 is 5.18. The van der Waals surface area contributed by atoms with Gasteiger partial charge in [-0.1, -0.05) is 18.2 Å². The fourth-order valence-electron chi connectivity index (χ4n) is 2.80. The minimum Gasteiger partial charge on any atom is -0.497 e. The lowest BCUT2D eigenvalue weighted by molar-refractivity contribution is -0.117. The Hall–Kier alpha value is -2.60. The van der Waals surface area contributed by atoms with Gasteiger partial charge in [0.05, 0.1) is 17.0 Å². The number of hydrogen-bond acceptors (Lipinski definition) is 4. The topological polar surface area (TPSA) is 58.6 Å². The third kappa shape index (κ3) is 4.77. The highest BCUT2D eigenvalue weighted by molar-refractivity contribution is 7.18. The second-order valence-electron chi connectivity index (χ2n) is 6.71. The molecule has 5 nitrogen and oxygen atoms in total. The van der Waals surface area contributed by atoms with E-state index < -0.39 is 0 Å². The van der Waals surface area contributed by atoms with Crippen LogP contribution in [0.25, 0.3) is 0 Å². The lowest BCUT2D eigenvalue weighted by Gasteiger charge is -2.21. The number of aryl methyl sites for hydroxylation is 1. The fraction of sp³-hybridized carbons (Fsp3) is 0.333. The Morgan fingerprint density at radius 1 is 1.33 bits per heavy atom. The summed E-state index contributed by atoms with van der Waals surface area (Å²) in [4.78, 5) is 27.5. The molecule has 1 aromatic carbocycles. The molecule has 1 aliphatic carbocycles. The summed E-state index contributed by atoms with van der Waals surface area (Å²) >= 11 is 1.33. The van der Waals surface area contributed by atoms with Gasteiger partial charge in [0.2, 0.25) is 5.91 Å². The quantitative estimate of drug-likeness (QED) is 0.693. The molecule has 0 spiro atoms. The molecule has 1 aromatic heterocycles. The molecule has 0 unspecified atom stereocenters. The summed E-state index contributed by atoms with van der Waals surface area (Å²) in [5.74, 6) is 0.918. The molecule has 0 radical (unpaired) electrons. The van der Waals surface area contributed by atoms with Crippen molar-refractivity contribution in [3.63, 3.8) is 0 Å². The monoisotopic (exact) mass is 384 g/mol. The van der Waals surface area contributed by atoms with E-state index in [-0.39, 0.29) is 17.7 Å². The number of carbonyl (C=O) groups excluding carboxylic acids is 2. The maximum atomic E-state index is 13.1. The molecule has 27 heavy (non-hydrogen) atoms. The number of nitrogens with zero attached hydrogens (tertiary/aromatic N) is 1. The summed E-state index contributed by atoms with van der Waals surface area (Å²) in [6, 6.07) is 9.54. The van der Waals surface area contributed by atoms with Crippen LogP contribution in [0.4, 0.5) is 5.00 Å². The Balaban J connectivity index is 1.74. The van der Waals surface area contributed by atoms with Crippen LogP contribution in [0, 0.1) is 12.8 Å². The van der Waals surface area contributed by atoms with E-state index >= 15 is 0 Å². The van der Waals surface area contributed by atoms with Crippen LogP contribution in [0.5, 0.6) is 5.75 Å². The van der Waals surface area contributed by atoms with Gasteiger partial charge in [0.25, 0.3) is 5.91 Å². The number of amides is 2. The molecule has 1 aliphatic rings. The van der Waals surface area contributed by atoms with Crippen LogP contribution in [0.3, 0.4) is 0 Å². The van der Waals surface area contributed by atoms with Crippen molar-refractivity contribution in [2.75, 3.05) is 19.0 Å². The molecule has 1 N–H and O–H groups in total. The maximum absolute atomic E-state index is 13.1. The molecular weight excluding hydrogens is 360 g/mol. The van der Waals surface area contributed by atoms with Crippen LogP contribution in [0.15, 0.2) is 43.0 Å². The first kappa shape index (κ1) is 19.2. The van der Waals surface area contributed by atoms with Gasteiger partial charge in [-0.05, 0) is 49.1 Å². The first-order valence-corrected chi connectivity index (χ1v) is 9.78. The molecule has 0 atom stereocenters. The van der Waals surface area contributed by atoms with Gasteiger partial charge in [-0.3, -0.25) is 9.59 Å². The number of ether oxygens (including phenoxy) is 1. The van der Waals surface area contributed by atoms with Crippen molar-refractivity contribution in [1.29, 1.82) is 0 Å². The normalized spacial score (nSPS) is 13.1. The summed E-state index contributed by atoms with van der Waals surface area (Å²) in [5.41, 5.74) is 1.89. The van der Waals surface area contributed by atoms with Crippen molar-refractivity contribution in [2.24, 2.45) is 5.92 Å². The van der Waals surface area contributed by atoms with Crippen molar-refractivity contribution >= 4 is 28.2 Å². The van der Waals surface area contributed by atoms with E-state index in [9.17, 15) is 9.59 Å². The molecule has 3 rings (SSSR count). The highest BCUT2D eigenvalue weighted by atomic mass is 32.1. The van der Waals surface area contributed by atoms with Gasteiger partial charge in [-0.2, -0.15) is 0 Å². The number of anilines is 1. The predicted octanol–water partition coefficient (Wildman–Crippen LogP) is 4.24. The Labute approximate surface area is 163 Å². The molecule has 2 aromatic rings. The van der Waals surface area contributed by atoms with E-state index in [1.54, 1.807) is 18.1 Å². The SMILES string of the molecule is C=CCN(Cc1ccc(OC)cc1)C(=O)c1sc(NC(=O)C2CC2)cc1C. The van der Waals surface area contributed by atoms with Crippen molar-refractivity contribution in [2.45, 2.75) is 26.3 Å². The second kappa shape index (κ2) is 8.39. The van der Waals surface area contributed by atoms with Crippen LogP contribution >= 0.6 is 11.3 Å². The third-order valence-electron chi connectivity index (χ3n) is 4.48. The van der Waals surface area contributed by atoms with E-state index in [0.29, 0.717) is 18.0 Å². The zero-order valence-corrected chi connectivity index (χ0v) is 16.5. The Bertz CT molecular complexity index is 838. The summed E-state index contributed by atoms with van der Waals surface area (Å²) in [6.07, 6.45) is 3.63. The smallest absolute Gasteiger partial charge is 0.264 e. The Morgan fingerprint density at radius 3 is 2.63 bits per heavy atom. The molecule has 0 bridgehead atoms. The zero-order valence-electron chi connectivity index (χ0n) is 15.7. The molecule has 6 heteroatoms. The lowest BCUT2D eigenvalue weighted by atomic mass is 10.2. The Kier molecular flexibility index (Phi) is 5.96. The number of nitrogens with one attached hydrogen (secondary N) is 1. The number of benzene rings is 1. The average Bonchev–Trinajstić information content (AvgIpc) is 3.45. The first-order chi connectivity index (χ1) is 13.0. The minimum atomic E-state index is -0.0554. The average molecular weight is 385 g/mol. The molecule has 0 saturated heterocycles.